The summed E-state index contributed by atoms with van der Waals surface area (Å²) in [7, 11) is 1.83. The number of benzene rings is 1. The van der Waals surface area contributed by atoms with E-state index in [4.69, 9.17) is 10.5 Å². The van der Waals surface area contributed by atoms with E-state index in [1.807, 2.05) is 13.1 Å². The van der Waals surface area contributed by atoms with Crippen LogP contribution in [0.1, 0.15) is 23.6 Å². The predicted octanol–water partition coefficient (Wildman–Crippen LogP) is 1.42. The van der Waals surface area contributed by atoms with E-state index in [-0.39, 0.29) is 30.3 Å². The lowest BCUT2D eigenvalue weighted by Gasteiger charge is -2.37. The molecule has 0 spiro atoms. The topological polar surface area (TPSA) is 73.4 Å². The van der Waals surface area contributed by atoms with Gasteiger partial charge in [0.2, 0.25) is 5.91 Å². The first-order valence-electron chi connectivity index (χ1n) is 8.38. The van der Waals surface area contributed by atoms with E-state index >= 15 is 0 Å². The smallest absolute Gasteiger partial charge is 0.248 e. The van der Waals surface area contributed by atoms with Gasteiger partial charge < -0.3 is 15.4 Å². The van der Waals surface area contributed by atoms with Crippen molar-refractivity contribution >= 4 is 5.91 Å². The number of nitrogens with two attached hydrogens (primary N) is 1. The average Bonchev–Trinajstić information content (AvgIpc) is 3.01. The maximum absolute atomic E-state index is 13.1. The van der Waals surface area contributed by atoms with Gasteiger partial charge in [0.1, 0.15) is 12.4 Å². The van der Waals surface area contributed by atoms with E-state index < -0.39 is 0 Å². The number of piperidine rings is 1. The van der Waals surface area contributed by atoms with Crippen LogP contribution in [-0.2, 0) is 23.2 Å². The number of carbonyl (C=O) groups excluding carboxylic acids is 1. The molecule has 1 aromatic heterocycles. The maximum Gasteiger partial charge on any atom is 0.248 e. The fourth-order valence-corrected chi connectivity index (χ4v) is 3.21. The summed E-state index contributed by atoms with van der Waals surface area (Å²) >= 11 is 0. The molecular weight excluding hydrogens is 323 g/mol. The van der Waals surface area contributed by atoms with Gasteiger partial charge in [-0.25, -0.2) is 4.39 Å². The Morgan fingerprint density at radius 3 is 2.76 bits per heavy atom. The van der Waals surface area contributed by atoms with Crippen molar-refractivity contribution < 1.29 is 13.9 Å². The number of aromatic nitrogens is 2. The number of aryl methyl sites for hydroxylation is 1. The SMILES string of the molecule is Cn1nccc1COCC(=O)N1CC[C@H](c2ccc(F)cc2)[C@@H](N)C1. The Bertz CT molecular complexity index is 716. The molecule has 1 aliphatic heterocycles. The standard InChI is InChI=1S/C18H23FN4O2/c1-22-15(6-8-21-22)11-25-12-18(24)23-9-7-16(17(20)10-23)13-2-4-14(19)5-3-13/h2-6,8,16-17H,7,9-12,20H2,1H3/t16-,17+/m1/s1. The number of rotatable bonds is 5. The van der Waals surface area contributed by atoms with Gasteiger partial charge in [-0.1, -0.05) is 12.1 Å². The second-order valence-electron chi connectivity index (χ2n) is 6.39. The van der Waals surface area contributed by atoms with E-state index in [1.165, 1.54) is 12.1 Å². The minimum atomic E-state index is -0.254. The maximum atomic E-state index is 13.1. The highest BCUT2D eigenvalue weighted by Crippen LogP contribution is 2.27. The van der Waals surface area contributed by atoms with Gasteiger partial charge in [-0.3, -0.25) is 9.48 Å². The molecule has 1 fully saturated rings. The van der Waals surface area contributed by atoms with Crippen LogP contribution in [0.2, 0.25) is 0 Å². The van der Waals surface area contributed by atoms with E-state index in [1.54, 1.807) is 27.9 Å². The highest BCUT2D eigenvalue weighted by molar-refractivity contribution is 5.77. The van der Waals surface area contributed by atoms with Crippen molar-refractivity contribution in [2.75, 3.05) is 19.7 Å². The molecule has 0 bridgehead atoms. The number of halogens is 1. The molecule has 0 radical (unpaired) electrons. The first kappa shape index (κ1) is 17.6. The number of likely N-dealkylation sites (tertiary alicyclic amines) is 1. The van der Waals surface area contributed by atoms with Crippen LogP contribution in [0.3, 0.4) is 0 Å². The molecular formula is C18H23FN4O2. The lowest BCUT2D eigenvalue weighted by molar-refractivity contribution is -0.138. The number of ether oxygens (including phenoxy) is 1. The Morgan fingerprint density at radius 1 is 1.36 bits per heavy atom. The number of carbonyl (C=O) groups is 1. The summed E-state index contributed by atoms with van der Waals surface area (Å²) in [6.07, 6.45) is 2.46. The molecule has 1 aromatic carbocycles. The summed E-state index contributed by atoms with van der Waals surface area (Å²) in [5.74, 6) is -0.175. The van der Waals surface area contributed by atoms with Crippen molar-refractivity contribution in [2.24, 2.45) is 12.8 Å². The number of hydrogen-bond acceptors (Lipinski definition) is 4. The Balaban J connectivity index is 1.49. The van der Waals surface area contributed by atoms with Crippen LogP contribution in [-0.4, -0.2) is 46.3 Å². The minimum absolute atomic E-state index is 0.0269. The number of hydrogen-bond donors (Lipinski definition) is 1. The molecule has 25 heavy (non-hydrogen) atoms. The Morgan fingerprint density at radius 2 is 2.12 bits per heavy atom. The van der Waals surface area contributed by atoms with Gasteiger partial charge >= 0.3 is 0 Å². The molecule has 0 aliphatic carbocycles. The highest BCUT2D eigenvalue weighted by Gasteiger charge is 2.30. The van der Waals surface area contributed by atoms with Gasteiger partial charge in [0.25, 0.3) is 0 Å². The lowest BCUT2D eigenvalue weighted by Crippen LogP contribution is -2.50. The van der Waals surface area contributed by atoms with Crippen LogP contribution in [0.5, 0.6) is 0 Å². The summed E-state index contributed by atoms with van der Waals surface area (Å²) in [4.78, 5) is 14.1. The third-order valence-electron chi connectivity index (χ3n) is 4.71. The zero-order valence-corrected chi connectivity index (χ0v) is 14.3. The molecule has 6 nitrogen and oxygen atoms in total. The van der Waals surface area contributed by atoms with Gasteiger partial charge in [0.05, 0.1) is 12.3 Å². The van der Waals surface area contributed by atoms with Gasteiger partial charge in [0, 0.05) is 38.3 Å². The van der Waals surface area contributed by atoms with Crippen molar-refractivity contribution in [3.8, 4) is 0 Å². The summed E-state index contributed by atoms with van der Waals surface area (Å²) < 4.78 is 20.3. The molecule has 2 atom stereocenters. The lowest BCUT2D eigenvalue weighted by atomic mass is 9.86. The second kappa shape index (κ2) is 7.76. The van der Waals surface area contributed by atoms with Crippen molar-refractivity contribution in [1.29, 1.82) is 0 Å². The Labute approximate surface area is 146 Å². The van der Waals surface area contributed by atoms with Crippen LogP contribution in [0.25, 0.3) is 0 Å². The molecule has 1 amide bonds. The van der Waals surface area contributed by atoms with Crippen LogP contribution in [0.4, 0.5) is 4.39 Å². The third kappa shape index (κ3) is 4.24. The quantitative estimate of drug-likeness (QED) is 0.889. The van der Waals surface area contributed by atoms with E-state index in [0.717, 1.165) is 17.7 Å². The van der Waals surface area contributed by atoms with Crippen LogP contribution in [0, 0.1) is 5.82 Å². The summed E-state index contributed by atoms with van der Waals surface area (Å²) in [5, 5.41) is 4.06. The van der Waals surface area contributed by atoms with Gasteiger partial charge in [-0.15, -0.1) is 0 Å². The number of amides is 1. The van der Waals surface area contributed by atoms with Gasteiger partial charge in [-0.05, 0) is 30.2 Å². The van der Waals surface area contributed by atoms with E-state index in [2.05, 4.69) is 5.10 Å². The van der Waals surface area contributed by atoms with Crippen molar-refractivity contribution in [2.45, 2.75) is 25.0 Å². The molecule has 3 rings (SSSR count). The van der Waals surface area contributed by atoms with Crippen LogP contribution in [0.15, 0.2) is 36.5 Å². The fourth-order valence-electron chi connectivity index (χ4n) is 3.21. The second-order valence-corrected chi connectivity index (χ2v) is 6.39. The van der Waals surface area contributed by atoms with E-state index in [0.29, 0.717) is 19.7 Å². The Hall–Kier alpha value is -2.25. The summed E-state index contributed by atoms with van der Waals surface area (Å²) in [6, 6.07) is 8.13. The highest BCUT2D eigenvalue weighted by atomic mass is 19.1. The predicted molar refractivity (Wildman–Crippen MR) is 91.2 cm³/mol. The molecule has 2 N–H and O–H groups in total. The van der Waals surface area contributed by atoms with Gasteiger partial charge in [0.15, 0.2) is 0 Å². The Kier molecular flexibility index (Phi) is 5.45. The fraction of sp³-hybridized carbons (Fsp3) is 0.444. The molecule has 0 unspecified atom stereocenters. The zero-order valence-electron chi connectivity index (χ0n) is 14.3. The molecule has 1 aliphatic rings. The first-order valence-corrected chi connectivity index (χ1v) is 8.38. The third-order valence-corrected chi connectivity index (χ3v) is 4.71. The van der Waals surface area contributed by atoms with Crippen molar-refractivity contribution in [3.05, 3.63) is 53.6 Å². The molecule has 2 heterocycles. The zero-order chi connectivity index (χ0) is 17.8. The largest absolute Gasteiger partial charge is 0.365 e. The van der Waals surface area contributed by atoms with Gasteiger partial charge in [-0.2, -0.15) is 5.10 Å². The van der Waals surface area contributed by atoms with Crippen molar-refractivity contribution in [3.63, 3.8) is 0 Å². The first-order chi connectivity index (χ1) is 12.0. The minimum Gasteiger partial charge on any atom is -0.365 e. The molecule has 0 saturated carbocycles. The molecule has 7 heteroatoms. The average molecular weight is 346 g/mol. The molecule has 1 saturated heterocycles. The van der Waals surface area contributed by atoms with Crippen molar-refractivity contribution in [1.82, 2.24) is 14.7 Å². The number of nitrogens with zero attached hydrogens (tertiary/aromatic N) is 3. The molecule has 2 aromatic rings. The molecule has 134 valence electrons. The normalized spacial score (nSPS) is 20.7. The summed E-state index contributed by atoms with van der Waals surface area (Å²) in [5.41, 5.74) is 8.20. The van der Waals surface area contributed by atoms with Crippen LogP contribution >= 0.6 is 0 Å². The van der Waals surface area contributed by atoms with Crippen LogP contribution < -0.4 is 5.73 Å². The van der Waals surface area contributed by atoms with E-state index in [9.17, 15) is 9.18 Å². The summed E-state index contributed by atoms with van der Waals surface area (Å²) in [6.45, 7) is 1.49. The monoisotopic (exact) mass is 346 g/mol.